The number of carbonyl (C=O) groups excluding carboxylic acids is 2. The third-order valence-electron chi connectivity index (χ3n) is 3.86. The molecule has 0 atom stereocenters. The molecule has 1 aromatic carbocycles. The smallest absolute Gasteiger partial charge is 0.266 e. The maximum absolute atomic E-state index is 12.3. The van der Waals surface area contributed by atoms with Gasteiger partial charge in [-0.2, -0.15) is 0 Å². The van der Waals surface area contributed by atoms with Gasteiger partial charge in [0.05, 0.1) is 0 Å². The maximum atomic E-state index is 12.3. The average molecular weight is 326 g/mol. The number of aryl methyl sites for hydroxylation is 2. The summed E-state index contributed by atoms with van der Waals surface area (Å²) >= 11 is 0. The largest absolute Gasteiger partial charge is 0.480 e. The molecule has 7 heteroatoms. The zero-order chi connectivity index (χ0) is 17.3. The van der Waals surface area contributed by atoms with Gasteiger partial charge in [-0.25, -0.2) is 4.98 Å². The van der Waals surface area contributed by atoms with E-state index in [1.54, 1.807) is 12.1 Å². The number of pyridine rings is 1. The first-order valence-electron chi connectivity index (χ1n) is 7.51. The normalized spacial score (nSPS) is 13.2. The van der Waals surface area contributed by atoms with Gasteiger partial charge in [0.15, 0.2) is 18.2 Å². The lowest BCUT2D eigenvalue weighted by Crippen LogP contribution is -2.44. The Morgan fingerprint density at radius 2 is 2.08 bits per heavy atom. The first kappa shape index (κ1) is 15.8. The zero-order valence-electron chi connectivity index (χ0n) is 13.5. The lowest BCUT2D eigenvalue weighted by molar-refractivity contribution is -0.123. The Morgan fingerprint density at radius 3 is 2.83 bits per heavy atom. The average Bonchev–Trinajstić information content (AvgIpc) is 2.54. The molecule has 3 N–H and O–H groups in total. The Labute approximate surface area is 139 Å². The van der Waals surface area contributed by atoms with Gasteiger partial charge in [-0.1, -0.05) is 6.07 Å². The lowest BCUT2D eigenvalue weighted by Gasteiger charge is -2.27. The fourth-order valence-corrected chi connectivity index (χ4v) is 2.42. The van der Waals surface area contributed by atoms with Crippen molar-refractivity contribution in [2.75, 3.05) is 29.1 Å². The zero-order valence-corrected chi connectivity index (χ0v) is 13.5. The van der Waals surface area contributed by atoms with Crippen LogP contribution < -0.4 is 20.7 Å². The highest BCUT2D eigenvalue weighted by Crippen LogP contribution is 2.30. The maximum Gasteiger partial charge on any atom is 0.266 e. The molecule has 1 aliphatic heterocycles. The summed E-state index contributed by atoms with van der Waals surface area (Å²) in [5, 5.41) is 2.79. The SMILES string of the molecule is Cc1ccc(NC(=O)CN2C(=O)COc3ccc(N)nc32)cc1C. The molecule has 0 radical (unpaired) electrons. The monoisotopic (exact) mass is 326 g/mol. The Balaban J connectivity index is 1.77. The van der Waals surface area contributed by atoms with Crippen LogP contribution in [-0.2, 0) is 9.59 Å². The molecule has 7 nitrogen and oxygen atoms in total. The van der Waals surface area contributed by atoms with Crippen LogP contribution in [0, 0.1) is 13.8 Å². The van der Waals surface area contributed by atoms with Crippen molar-refractivity contribution in [1.82, 2.24) is 4.98 Å². The van der Waals surface area contributed by atoms with Gasteiger partial charge >= 0.3 is 0 Å². The molecule has 3 rings (SSSR count). The van der Waals surface area contributed by atoms with E-state index in [1.165, 1.54) is 4.90 Å². The van der Waals surface area contributed by atoms with Crippen molar-refractivity contribution >= 4 is 29.1 Å². The number of amides is 2. The number of rotatable bonds is 3. The number of nitrogens with zero attached hydrogens (tertiary/aromatic N) is 2. The second-order valence-electron chi connectivity index (χ2n) is 5.67. The molecule has 1 aliphatic rings. The molecular weight excluding hydrogens is 308 g/mol. The summed E-state index contributed by atoms with van der Waals surface area (Å²) in [5.74, 6) is 0.301. The number of nitrogen functional groups attached to an aromatic ring is 1. The van der Waals surface area contributed by atoms with E-state index in [0.717, 1.165) is 11.1 Å². The van der Waals surface area contributed by atoms with Crippen molar-refractivity contribution < 1.29 is 14.3 Å². The van der Waals surface area contributed by atoms with Crippen LogP contribution >= 0.6 is 0 Å². The summed E-state index contributed by atoms with van der Waals surface area (Å²) in [5.41, 5.74) is 8.58. The third kappa shape index (κ3) is 3.15. The van der Waals surface area contributed by atoms with Gasteiger partial charge in [0.1, 0.15) is 12.4 Å². The van der Waals surface area contributed by atoms with Crippen LogP contribution in [0.1, 0.15) is 11.1 Å². The molecular formula is C17H18N4O3. The van der Waals surface area contributed by atoms with E-state index in [0.29, 0.717) is 11.4 Å². The van der Waals surface area contributed by atoms with Crippen molar-refractivity contribution in [3.05, 3.63) is 41.5 Å². The molecule has 1 aromatic heterocycles. The van der Waals surface area contributed by atoms with Crippen LogP contribution in [0.25, 0.3) is 0 Å². The number of anilines is 3. The minimum atomic E-state index is -0.337. The fraction of sp³-hybridized carbons (Fsp3) is 0.235. The summed E-state index contributed by atoms with van der Waals surface area (Å²) in [4.78, 5) is 29.8. The number of hydrogen-bond acceptors (Lipinski definition) is 5. The van der Waals surface area contributed by atoms with Crippen molar-refractivity contribution in [3.63, 3.8) is 0 Å². The van der Waals surface area contributed by atoms with Crippen LogP contribution in [0.15, 0.2) is 30.3 Å². The van der Waals surface area contributed by atoms with E-state index in [4.69, 9.17) is 10.5 Å². The van der Waals surface area contributed by atoms with E-state index in [1.807, 2.05) is 32.0 Å². The highest BCUT2D eigenvalue weighted by molar-refractivity contribution is 6.04. The molecule has 124 valence electrons. The number of fused-ring (bicyclic) bond motifs is 1. The number of carbonyl (C=O) groups is 2. The molecule has 24 heavy (non-hydrogen) atoms. The number of aromatic nitrogens is 1. The number of nitrogens with one attached hydrogen (secondary N) is 1. The third-order valence-corrected chi connectivity index (χ3v) is 3.86. The van der Waals surface area contributed by atoms with Gasteiger partial charge < -0.3 is 15.8 Å². The molecule has 0 saturated heterocycles. The molecule has 0 aliphatic carbocycles. The minimum Gasteiger partial charge on any atom is -0.480 e. The molecule has 2 amide bonds. The van der Waals surface area contributed by atoms with E-state index >= 15 is 0 Å². The topological polar surface area (TPSA) is 97.5 Å². The number of benzene rings is 1. The summed E-state index contributed by atoms with van der Waals surface area (Å²) in [6.07, 6.45) is 0. The molecule has 0 unspecified atom stereocenters. The van der Waals surface area contributed by atoms with E-state index in [9.17, 15) is 9.59 Å². The van der Waals surface area contributed by atoms with Crippen LogP contribution in [0.5, 0.6) is 5.75 Å². The number of nitrogens with two attached hydrogens (primary N) is 1. The van der Waals surface area contributed by atoms with Gasteiger partial charge in [-0.15, -0.1) is 0 Å². The van der Waals surface area contributed by atoms with Gasteiger partial charge in [-0.3, -0.25) is 14.5 Å². The Bertz CT molecular complexity index is 819. The lowest BCUT2D eigenvalue weighted by atomic mass is 10.1. The summed E-state index contributed by atoms with van der Waals surface area (Å²) in [6, 6.07) is 8.87. The predicted molar refractivity (Wildman–Crippen MR) is 91.0 cm³/mol. The molecule has 0 bridgehead atoms. The minimum absolute atomic E-state index is 0.129. The van der Waals surface area contributed by atoms with Crippen molar-refractivity contribution in [2.45, 2.75) is 13.8 Å². The quantitative estimate of drug-likeness (QED) is 0.893. The van der Waals surface area contributed by atoms with Gasteiger partial charge in [-0.05, 0) is 49.2 Å². The van der Waals surface area contributed by atoms with Crippen molar-refractivity contribution in [3.8, 4) is 5.75 Å². The van der Waals surface area contributed by atoms with E-state index < -0.39 is 0 Å². The van der Waals surface area contributed by atoms with Gasteiger partial charge in [0.2, 0.25) is 5.91 Å². The second-order valence-corrected chi connectivity index (χ2v) is 5.67. The van der Waals surface area contributed by atoms with Crippen LogP contribution in [-0.4, -0.2) is 29.9 Å². The van der Waals surface area contributed by atoms with Crippen LogP contribution in [0.3, 0.4) is 0 Å². The first-order valence-corrected chi connectivity index (χ1v) is 7.51. The molecule has 0 saturated carbocycles. The van der Waals surface area contributed by atoms with Crippen LogP contribution in [0.4, 0.5) is 17.3 Å². The Hall–Kier alpha value is -3.09. The standard InChI is InChI=1S/C17H18N4O3/c1-10-3-4-12(7-11(10)2)19-15(22)8-21-16(23)9-24-13-5-6-14(18)20-17(13)21/h3-7H,8-9H2,1-2H3,(H2,18,20)(H,19,22). The van der Waals surface area contributed by atoms with Gasteiger partial charge in [0.25, 0.3) is 5.91 Å². The highest BCUT2D eigenvalue weighted by Gasteiger charge is 2.28. The van der Waals surface area contributed by atoms with Crippen molar-refractivity contribution in [1.29, 1.82) is 0 Å². The Kier molecular flexibility index (Phi) is 4.07. The highest BCUT2D eigenvalue weighted by atomic mass is 16.5. The molecule has 2 aromatic rings. The Morgan fingerprint density at radius 1 is 1.29 bits per heavy atom. The summed E-state index contributed by atoms with van der Waals surface area (Å²) < 4.78 is 5.31. The summed E-state index contributed by atoms with van der Waals surface area (Å²) in [6.45, 7) is 3.69. The summed E-state index contributed by atoms with van der Waals surface area (Å²) in [7, 11) is 0. The van der Waals surface area contributed by atoms with E-state index in [2.05, 4.69) is 10.3 Å². The molecule has 2 heterocycles. The van der Waals surface area contributed by atoms with Gasteiger partial charge in [0, 0.05) is 5.69 Å². The van der Waals surface area contributed by atoms with Crippen molar-refractivity contribution in [2.24, 2.45) is 0 Å². The fourth-order valence-electron chi connectivity index (χ4n) is 2.42. The number of hydrogen-bond donors (Lipinski definition) is 2. The first-order chi connectivity index (χ1) is 11.4. The molecule has 0 fully saturated rings. The van der Waals surface area contributed by atoms with E-state index in [-0.39, 0.29) is 36.6 Å². The second kappa shape index (κ2) is 6.19. The number of ether oxygens (including phenoxy) is 1. The van der Waals surface area contributed by atoms with Crippen LogP contribution in [0.2, 0.25) is 0 Å². The molecule has 0 spiro atoms. The predicted octanol–water partition coefficient (Wildman–Crippen LogP) is 1.64.